The number of aromatic nitrogens is 2. The molecule has 1 aliphatic heterocycles. The summed E-state index contributed by atoms with van der Waals surface area (Å²) in [4.78, 5) is 2.59. The third-order valence-electron chi connectivity index (χ3n) is 5.31. The van der Waals surface area contributed by atoms with Crippen LogP contribution in [0.1, 0.15) is 57.9 Å². The van der Waals surface area contributed by atoms with E-state index in [9.17, 15) is 5.11 Å². The van der Waals surface area contributed by atoms with Gasteiger partial charge in [0.25, 0.3) is 0 Å². The molecule has 0 radical (unpaired) electrons. The number of rotatable bonds is 5. The predicted octanol–water partition coefficient (Wildman–Crippen LogP) is 3.05. The molecule has 0 bridgehead atoms. The van der Waals surface area contributed by atoms with Gasteiger partial charge >= 0.3 is 0 Å². The first kappa shape index (κ1) is 16.0. The molecule has 3 rings (SSSR count). The Morgan fingerprint density at radius 3 is 2.82 bits per heavy atom. The summed E-state index contributed by atoms with van der Waals surface area (Å²) in [7, 11) is 0. The smallest absolute Gasteiger partial charge is 0.0583 e. The van der Waals surface area contributed by atoms with E-state index in [0.717, 1.165) is 19.5 Å². The highest BCUT2D eigenvalue weighted by molar-refractivity contribution is 5.05. The number of likely N-dealkylation sites (tertiary alicyclic amines) is 1. The van der Waals surface area contributed by atoms with Crippen LogP contribution in [-0.4, -0.2) is 38.5 Å². The van der Waals surface area contributed by atoms with Gasteiger partial charge in [-0.2, -0.15) is 5.10 Å². The zero-order valence-electron chi connectivity index (χ0n) is 14.1. The zero-order valence-corrected chi connectivity index (χ0v) is 14.1. The van der Waals surface area contributed by atoms with Crippen molar-refractivity contribution in [2.24, 2.45) is 11.8 Å². The molecule has 0 aromatic carbocycles. The monoisotopic (exact) mass is 305 g/mol. The molecular weight excluding hydrogens is 274 g/mol. The van der Waals surface area contributed by atoms with Crippen LogP contribution in [0.2, 0.25) is 0 Å². The number of aliphatic hydroxyl groups is 1. The molecule has 3 unspecified atom stereocenters. The molecule has 124 valence electrons. The van der Waals surface area contributed by atoms with E-state index in [4.69, 9.17) is 0 Å². The second-order valence-corrected chi connectivity index (χ2v) is 7.66. The molecule has 1 aromatic rings. The predicted molar refractivity (Wildman–Crippen MR) is 88.5 cm³/mol. The minimum atomic E-state index is -0.0805. The molecule has 4 heteroatoms. The molecule has 3 atom stereocenters. The first-order valence-corrected chi connectivity index (χ1v) is 9.07. The summed E-state index contributed by atoms with van der Waals surface area (Å²) in [5, 5.41) is 14.9. The minimum Gasteiger partial charge on any atom is -0.393 e. The molecule has 0 spiro atoms. The number of hydrogen-bond acceptors (Lipinski definition) is 3. The van der Waals surface area contributed by atoms with Crippen LogP contribution < -0.4 is 0 Å². The number of nitrogens with zero attached hydrogens (tertiary/aromatic N) is 3. The SMILES string of the molecule is CC(C)Cn1cc(CN2CCCC2C2CCCCC2O)cn1. The fraction of sp³-hybridized carbons (Fsp3) is 0.833. The topological polar surface area (TPSA) is 41.3 Å². The Morgan fingerprint density at radius 1 is 1.23 bits per heavy atom. The van der Waals surface area contributed by atoms with Crippen molar-refractivity contribution in [2.45, 2.75) is 77.6 Å². The summed E-state index contributed by atoms with van der Waals surface area (Å²) in [5.41, 5.74) is 1.32. The van der Waals surface area contributed by atoms with E-state index in [1.54, 1.807) is 0 Å². The van der Waals surface area contributed by atoms with Crippen molar-refractivity contribution in [3.05, 3.63) is 18.0 Å². The molecule has 1 aromatic heterocycles. The van der Waals surface area contributed by atoms with Crippen LogP contribution in [0.4, 0.5) is 0 Å². The van der Waals surface area contributed by atoms with Gasteiger partial charge in [0, 0.05) is 36.8 Å². The fourth-order valence-electron chi connectivity index (χ4n) is 4.32. The van der Waals surface area contributed by atoms with Crippen LogP contribution in [0.25, 0.3) is 0 Å². The van der Waals surface area contributed by atoms with Crippen LogP contribution in [0.5, 0.6) is 0 Å². The summed E-state index contributed by atoms with van der Waals surface area (Å²) in [5.74, 6) is 1.12. The maximum atomic E-state index is 10.4. The summed E-state index contributed by atoms with van der Waals surface area (Å²) < 4.78 is 2.07. The quantitative estimate of drug-likeness (QED) is 0.909. The van der Waals surface area contributed by atoms with Crippen LogP contribution in [0.3, 0.4) is 0 Å². The lowest BCUT2D eigenvalue weighted by Crippen LogP contribution is -2.42. The van der Waals surface area contributed by atoms with Gasteiger partial charge in [0.2, 0.25) is 0 Å². The Balaban J connectivity index is 1.62. The molecule has 2 fully saturated rings. The Hall–Kier alpha value is -0.870. The summed E-state index contributed by atoms with van der Waals surface area (Å²) in [6.45, 7) is 7.60. The van der Waals surface area contributed by atoms with Gasteiger partial charge in [-0.15, -0.1) is 0 Å². The molecule has 2 heterocycles. The Labute approximate surface area is 134 Å². The standard InChI is InChI=1S/C18H31N3O/c1-14(2)11-21-13-15(10-19-21)12-20-9-5-7-17(20)16-6-3-4-8-18(16)22/h10,13-14,16-18,22H,3-9,11-12H2,1-2H3. The second kappa shape index (κ2) is 7.14. The summed E-state index contributed by atoms with van der Waals surface area (Å²) in [6.07, 6.45) is 11.4. The van der Waals surface area contributed by atoms with Crippen LogP contribution in [-0.2, 0) is 13.1 Å². The lowest BCUT2D eigenvalue weighted by molar-refractivity contribution is 0.0201. The first-order chi connectivity index (χ1) is 10.6. The van der Waals surface area contributed by atoms with Crippen molar-refractivity contribution in [3.63, 3.8) is 0 Å². The number of aliphatic hydroxyl groups excluding tert-OH is 1. The van der Waals surface area contributed by atoms with Crippen molar-refractivity contribution >= 4 is 0 Å². The van der Waals surface area contributed by atoms with E-state index in [1.807, 2.05) is 6.20 Å². The van der Waals surface area contributed by atoms with Gasteiger partial charge in [0.05, 0.1) is 12.3 Å². The molecule has 4 nitrogen and oxygen atoms in total. The normalized spacial score (nSPS) is 30.3. The van der Waals surface area contributed by atoms with Gasteiger partial charge in [-0.1, -0.05) is 26.7 Å². The van der Waals surface area contributed by atoms with Gasteiger partial charge in [0.15, 0.2) is 0 Å². The third-order valence-corrected chi connectivity index (χ3v) is 5.31. The lowest BCUT2D eigenvalue weighted by Gasteiger charge is -2.37. The van der Waals surface area contributed by atoms with E-state index in [1.165, 1.54) is 44.2 Å². The Kier molecular flexibility index (Phi) is 5.19. The van der Waals surface area contributed by atoms with Gasteiger partial charge in [0.1, 0.15) is 0 Å². The van der Waals surface area contributed by atoms with E-state index in [2.05, 4.69) is 34.7 Å². The van der Waals surface area contributed by atoms with Gasteiger partial charge in [-0.3, -0.25) is 9.58 Å². The minimum absolute atomic E-state index is 0.0805. The largest absolute Gasteiger partial charge is 0.393 e. The fourth-order valence-corrected chi connectivity index (χ4v) is 4.32. The molecule has 1 N–H and O–H groups in total. The maximum absolute atomic E-state index is 10.4. The Morgan fingerprint density at radius 2 is 2.05 bits per heavy atom. The second-order valence-electron chi connectivity index (χ2n) is 7.66. The number of hydrogen-bond donors (Lipinski definition) is 1. The summed E-state index contributed by atoms with van der Waals surface area (Å²) in [6, 6.07) is 0.573. The molecule has 2 aliphatic rings. The van der Waals surface area contributed by atoms with Gasteiger partial charge < -0.3 is 5.11 Å². The molecule has 22 heavy (non-hydrogen) atoms. The van der Waals surface area contributed by atoms with Crippen LogP contribution >= 0.6 is 0 Å². The van der Waals surface area contributed by atoms with Crippen LogP contribution in [0.15, 0.2) is 12.4 Å². The highest BCUT2D eigenvalue weighted by atomic mass is 16.3. The van der Waals surface area contributed by atoms with Crippen molar-refractivity contribution < 1.29 is 5.11 Å². The first-order valence-electron chi connectivity index (χ1n) is 9.07. The van der Waals surface area contributed by atoms with Crippen LogP contribution in [0, 0.1) is 11.8 Å². The molecule has 1 saturated heterocycles. The molecule has 0 amide bonds. The average molecular weight is 305 g/mol. The third kappa shape index (κ3) is 3.72. The lowest BCUT2D eigenvalue weighted by atomic mass is 9.80. The van der Waals surface area contributed by atoms with E-state index < -0.39 is 0 Å². The molecular formula is C18H31N3O. The molecule has 1 aliphatic carbocycles. The zero-order chi connectivity index (χ0) is 15.5. The maximum Gasteiger partial charge on any atom is 0.0583 e. The highest BCUT2D eigenvalue weighted by Gasteiger charge is 2.36. The van der Waals surface area contributed by atoms with Gasteiger partial charge in [-0.25, -0.2) is 0 Å². The highest BCUT2D eigenvalue weighted by Crippen LogP contribution is 2.35. The summed E-state index contributed by atoms with van der Waals surface area (Å²) >= 11 is 0. The van der Waals surface area contributed by atoms with Crippen molar-refractivity contribution in [2.75, 3.05) is 6.54 Å². The van der Waals surface area contributed by atoms with Crippen molar-refractivity contribution in [1.82, 2.24) is 14.7 Å². The van der Waals surface area contributed by atoms with E-state index >= 15 is 0 Å². The Bertz CT molecular complexity index is 471. The average Bonchev–Trinajstić information content (AvgIpc) is 3.09. The van der Waals surface area contributed by atoms with E-state index in [-0.39, 0.29) is 6.10 Å². The van der Waals surface area contributed by atoms with Crippen molar-refractivity contribution in [1.29, 1.82) is 0 Å². The van der Waals surface area contributed by atoms with Crippen molar-refractivity contribution in [3.8, 4) is 0 Å². The molecule has 1 saturated carbocycles. The van der Waals surface area contributed by atoms with Gasteiger partial charge in [-0.05, 0) is 38.1 Å². The van der Waals surface area contributed by atoms with E-state index in [0.29, 0.717) is 17.9 Å².